The molecule has 2 aromatic rings. The highest BCUT2D eigenvalue weighted by molar-refractivity contribution is 5.49. The maximum Gasteiger partial charge on any atom is 0.200 e. The molecule has 0 unspecified atom stereocenters. The number of anilines is 1. The zero-order chi connectivity index (χ0) is 15.7. The molecule has 0 atom stereocenters. The third-order valence-electron chi connectivity index (χ3n) is 2.74. The van der Waals surface area contributed by atoms with Crippen molar-refractivity contribution in [3.63, 3.8) is 0 Å². The Hall–Kier alpha value is -2.38. The van der Waals surface area contributed by atoms with Crippen LogP contribution >= 0.6 is 0 Å². The Labute approximate surface area is 114 Å². The lowest BCUT2D eigenvalue weighted by molar-refractivity contribution is 0.381. The van der Waals surface area contributed by atoms with Gasteiger partial charge in [0.2, 0.25) is 5.82 Å². The Morgan fingerprint density at radius 1 is 0.810 bits per heavy atom. The number of aromatic hydroxyl groups is 1. The van der Waals surface area contributed by atoms with Crippen molar-refractivity contribution in [2.24, 2.45) is 0 Å². The molecule has 2 rings (SSSR count). The summed E-state index contributed by atoms with van der Waals surface area (Å²) in [5, 5.41) is 11.3. The summed E-state index contributed by atoms with van der Waals surface area (Å²) in [6.07, 6.45) is 0. The molecule has 21 heavy (non-hydrogen) atoms. The number of phenols is 1. The van der Waals surface area contributed by atoms with E-state index in [9.17, 15) is 31.4 Å². The van der Waals surface area contributed by atoms with Crippen LogP contribution in [-0.2, 0) is 6.54 Å². The van der Waals surface area contributed by atoms with E-state index < -0.39 is 52.9 Å². The number of para-hydroxylation sites is 1. The first-order chi connectivity index (χ1) is 9.84. The molecule has 0 aliphatic heterocycles. The highest BCUT2D eigenvalue weighted by Crippen LogP contribution is 2.28. The average molecular weight is 307 g/mol. The van der Waals surface area contributed by atoms with Gasteiger partial charge in [-0.25, -0.2) is 26.3 Å². The summed E-state index contributed by atoms with van der Waals surface area (Å²) in [6, 6.07) is 3.37. The number of hydrogen-bond acceptors (Lipinski definition) is 2. The number of rotatable bonds is 3. The summed E-state index contributed by atoms with van der Waals surface area (Å²) >= 11 is 0. The summed E-state index contributed by atoms with van der Waals surface area (Å²) in [5.74, 6) is -12.3. The van der Waals surface area contributed by atoms with E-state index in [1.807, 2.05) is 5.32 Å². The molecule has 0 bridgehead atoms. The van der Waals surface area contributed by atoms with E-state index >= 15 is 0 Å². The summed E-state index contributed by atoms with van der Waals surface area (Å²) in [4.78, 5) is 0. The van der Waals surface area contributed by atoms with Gasteiger partial charge in [-0.2, -0.15) is 0 Å². The van der Waals surface area contributed by atoms with Gasteiger partial charge in [-0.1, -0.05) is 12.1 Å². The molecule has 2 nitrogen and oxygen atoms in total. The summed E-state index contributed by atoms with van der Waals surface area (Å²) in [7, 11) is 0. The molecule has 0 spiro atoms. The molecule has 0 fully saturated rings. The maximum absolute atomic E-state index is 13.4. The molecule has 0 saturated heterocycles. The molecule has 2 N–H and O–H groups in total. The molecular formula is C13H7F6NO. The van der Waals surface area contributed by atoms with Crippen LogP contribution in [0.4, 0.5) is 32.0 Å². The molecule has 0 amide bonds. The van der Waals surface area contributed by atoms with Crippen molar-refractivity contribution < 1.29 is 31.4 Å². The van der Waals surface area contributed by atoms with Crippen molar-refractivity contribution in [1.29, 1.82) is 0 Å². The second-order valence-corrected chi connectivity index (χ2v) is 4.05. The van der Waals surface area contributed by atoms with Crippen LogP contribution in [0.2, 0.25) is 0 Å². The van der Waals surface area contributed by atoms with Gasteiger partial charge in [-0.3, -0.25) is 0 Å². The van der Waals surface area contributed by atoms with E-state index in [0.717, 1.165) is 6.07 Å². The van der Waals surface area contributed by atoms with Crippen molar-refractivity contribution in [3.8, 4) is 5.75 Å². The number of nitrogens with one attached hydrogen (secondary N) is 1. The standard InChI is InChI=1S/C13H7F6NO/c14-6-3-1-2-5(13(6)21)4-20-12-10(18)8(16)7(15)9(17)11(12)19/h1-3,20-21H,4H2. The van der Waals surface area contributed by atoms with E-state index in [2.05, 4.69) is 0 Å². The lowest BCUT2D eigenvalue weighted by Gasteiger charge is -2.11. The van der Waals surface area contributed by atoms with Gasteiger partial charge < -0.3 is 10.4 Å². The van der Waals surface area contributed by atoms with Crippen LogP contribution < -0.4 is 5.32 Å². The van der Waals surface area contributed by atoms with Gasteiger partial charge in [-0.15, -0.1) is 0 Å². The molecule has 0 radical (unpaired) electrons. The first-order valence-corrected chi connectivity index (χ1v) is 5.56. The summed E-state index contributed by atoms with van der Waals surface area (Å²) in [6.45, 7) is -0.540. The van der Waals surface area contributed by atoms with Crippen LogP contribution in [0, 0.1) is 34.9 Å². The minimum absolute atomic E-state index is 0.112. The van der Waals surface area contributed by atoms with E-state index in [4.69, 9.17) is 0 Å². The quantitative estimate of drug-likeness (QED) is 0.513. The Bertz CT molecular complexity index is 675. The topological polar surface area (TPSA) is 32.3 Å². The predicted octanol–water partition coefficient (Wildman–Crippen LogP) is 3.84. The Morgan fingerprint density at radius 2 is 1.33 bits per heavy atom. The third kappa shape index (κ3) is 2.61. The van der Waals surface area contributed by atoms with Crippen LogP contribution in [0.3, 0.4) is 0 Å². The van der Waals surface area contributed by atoms with Gasteiger partial charge >= 0.3 is 0 Å². The predicted molar refractivity (Wildman–Crippen MR) is 61.6 cm³/mol. The van der Waals surface area contributed by atoms with E-state index in [1.54, 1.807) is 0 Å². The van der Waals surface area contributed by atoms with Crippen molar-refractivity contribution in [1.82, 2.24) is 0 Å². The summed E-state index contributed by atoms with van der Waals surface area (Å²) in [5.41, 5.74) is -1.37. The largest absolute Gasteiger partial charge is 0.505 e. The maximum atomic E-state index is 13.4. The number of halogens is 6. The Morgan fingerprint density at radius 3 is 1.90 bits per heavy atom. The van der Waals surface area contributed by atoms with Gasteiger partial charge in [0.15, 0.2) is 34.8 Å². The SMILES string of the molecule is Oc1c(F)cccc1CNc1c(F)c(F)c(F)c(F)c1F. The smallest absolute Gasteiger partial charge is 0.200 e. The lowest BCUT2D eigenvalue weighted by Crippen LogP contribution is -2.10. The number of benzene rings is 2. The van der Waals surface area contributed by atoms with Crippen molar-refractivity contribution >= 4 is 5.69 Å². The van der Waals surface area contributed by atoms with Gasteiger partial charge in [0.25, 0.3) is 0 Å². The minimum atomic E-state index is -2.27. The van der Waals surface area contributed by atoms with Crippen LogP contribution in [0.1, 0.15) is 5.56 Å². The third-order valence-corrected chi connectivity index (χ3v) is 2.74. The van der Waals surface area contributed by atoms with Crippen LogP contribution in [-0.4, -0.2) is 5.11 Å². The van der Waals surface area contributed by atoms with Crippen molar-refractivity contribution in [2.75, 3.05) is 5.32 Å². The first kappa shape index (κ1) is 15.0. The second kappa shape index (κ2) is 5.55. The lowest BCUT2D eigenvalue weighted by atomic mass is 10.2. The van der Waals surface area contributed by atoms with Crippen LogP contribution in [0.5, 0.6) is 5.75 Å². The molecule has 2 aromatic carbocycles. The zero-order valence-corrected chi connectivity index (χ0v) is 10.2. The van der Waals surface area contributed by atoms with E-state index in [1.165, 1.54) is 12.1 Å². The zero-order valence-electron chi connectivity index (χ0n) is 10.2. The average Bonchev–Trinajstić information content (AvgIpc) is 2.47. The highest BCUT2D eigenvalue weighted by atomic mass is 19.2. The molecule has 8 heteroatoms. The molecular weight excluding hydrogens is 300 g/mol. The minimum Gasteiger partial charge on any atom is -0.505 e. The fraction of sp³-hybridized carbons (Fsp3) is 0.0769. The van der Waals surface area contributed by atoms with Crippen molar-refractivity contribution in [2.45, 2.75) is 6.54 Å². The van der Waals surface area contributed by atoms with Crippen LogP contribution in [0.25, 0.3) is 0 Å². The first-order valence-electron chi connectivity index (χ1n) is 5.56. The van der Waals surface area contributed by atoms with Gasteiger partial charge in [0.1, 0.15) is 5.69 Å². The fourth-order valence-electron chi connectivity index (χ4n) is 1.65. The van der Waals surface area contributed by atoms with Crippen molar-refractivity contribution in [3.05, 3.63) is 58.7 Å². The number of phenolic OH excluding ortho intramolecular Hbond substituents is 1. The van der Waals surface area contributed by atoms with Crippen LogP contribution in [0.15, 0.2) is 18.2 Å². The monoisotopic (exact) mass is 307 g/mol. The normalized spacial score (nSPS) is 10.8. The molecule has 0 aliphatic carbocycles. The molecule has 0 aromatic heterocycles. The summed E-state index contributed by atoms with van der Waals surface area (Å²) < 4.78 is 78.5. The second-order valence-electron chi connectivity index (χ2n) is 4.05. The molecule has 0 aliphatic rings. The molecule has 112 valence electrons. The Kier molecular flexibility index (Phi) is 3.97. The molecule has 0 saturated carbocycles. The molecule has 0 heterocycles. The van der Waals surface area contributed by atoms with Gasteiger partial charge in [0.05, 0.1) is 0 Å². The van der Waals surface area contributed by atoms with Gasteiger partial charge in [0, 0.05) is 12.1 Å². The Balaban J connectivity index is 2.35. The fourth-order valence-corrected chi connectivity index (χ4v) is 1.65. The van der Waals surface area contributed by atoms with Gasteiger partial charge in [-0.05, 0) is 6.07 Å². The van der Waals surface area contributed by atoms with E-state index in [-0.39, 0.29) is 5.56 Å². The highest BCUT2D eigenvalue weighted by Gasteiger charge is 2.25. The number of hydrogen-bond donors (Lipinski definition) is 2. The van der Waals surface area contributed by atoms with E-state index in [0.29, 0.717) is 0 Å².